The number of carboxylic acid groups (broad SMARTS) is 1. The Morgan fingerprint density at radius 2 is 1.71 bits per heavy atom. The van der Waals surface area contributed by atoms with Crippen molar-refractivity contribution in [3.05, 3.63) is 41.7 Å². The number of carboxylic acids is 1. The number of morpholine rings is 1. The number of piperazine rings is 1. The molecule has 3 saturated heterocycles. The molecule has 69 heavy (non-hydrogen) atoms. The second-order valence-corrected chi connectivity index (χ2v) is 20.5. The van der Waals surface area contributed by atoms with Crippen molar-refractivity contribution in [2.24, 2.45) is 5.41 Å². The molecule has 0 unspecified atom stereocenters. The van der Waals surface area contributed by atoms with E-state index in [4.69, 9.17) is 23.9 Å². The summed E-state index contributed by atoms with van der Waals surface area (Å²) in [5.41, 5.74) is 4.95. The van der Waals surface area contributed by atoms with Crippen LogP contribution in [0.25, 0.3) is 22.2 Å². The SMILES string of the molecule is CCO[C@@H]([C@H](NC(=O)OC(C)(C)C)C(=O)N1CCC[C@@H](C(=O)O)N1)[C@H]1CN(c2ccc3c(c2)c(CC(C)(C)CO)c(-c2cc(N4CCN(C5CC5)CC4)cnc2[C@H](C)OC)n3CC(F)(F)F)CCO1. The molecule has 5 heterocycles. The van der Waals surface area contributed by atoms with Crippen molar-refractivity contribution in [3.8, 4) is 11.3 Å². The zero-order chi connectivity index (χ0) is 50.0. The van der Waals surface area contributed by atoms with Gasteiger partial charge in [-0.1, -0.05) is 13.8 Å². The van der Waals surface area contributed by atoms with Crippen LogP contribution in [0.5, 0.6) is 0 Å². The maximum atomic E-state index is 14.9. The van der Waals surface area contributed by atoms with E-state index in [-0.39, 0.29) is 39.3 Å². The predicted octanol–water partition coefficient (Wildman–Crippen LogP) is 5.90. The van der Waals surface area contributed by atoms with E-state index in [0.717, 1.165) is 31.9 Å². The van der Waals surface area contributed by atoms with Gasteiger partial charge in [-0.2, -0.15) is 13.2 Å². The molecule has 1 aromatic carbocycles. The Bertz CT molecular complexity index is 2290. The molecular weight excluding hydrogens is 902 g/mol. The predicted molar refractivity (Wildman–Crippen MR) is 254 cm³/mol. The third kappa shape index (κ3) is 12.6. The summed E-state index contributed by atoms with van der Waals surface area (Å²) < 4.78 is 70.1. The highest BCUT2D eigenvalue weighted by Crippen LogP contribution is 2.44. The first-order valence-corrected chi connectivity index (χ1v) is 24.2. The number of aliphatic carboxylic acids is 1. The van der Waals surface area contributed by atoms with Crippen LogP contribution in [0.3, 0.4) is 0 Å². The third-order valence-electron chi connectivity index (χ3n) is 13.4. The summed E-state index contributed by atoms with van der Waals surface area (Å²) in [6.07, 6.45) is -2.86. The van der Waals surface area contributed by atoms with E-state index in [0.29, 0.717) is 64.5 Å². The van der Waals surface area contributed by atoms with Crippen LogP contribution >= 0.6 is 0 Å². The number of hydrazine groups is 1. The number of hydrogen-bond acceptors (Lipinski definition) is 13. The molecule has 1 saturated carbocycles. The number of amides is 2. The molecule has 0 spiro atoms. The van der Waals surface area contributed by atoms with Crippen LogP contribution in [0.1, 0.15) is 91.5 Å². The minimum absolute atomic E-state index is 0.122. The third-order valence-corrected chi connectivity index (χ3v) is 13.4. The molecule has 382 valence electrons. The van der Waals surface area contributed by atoms with Crippen LogP contribution in [0, 0.1) is 5.41 Å². The fourth-order valence-electron chi connectivity index (χ4n) is 9.75. The van der Waals surface area contributed by atoms with Gasteiger partial charge in [-0.3, -0.25) is 24.5 Å². The van der Waals surface area contributed by atoms with Gasteiger partial charge >= 0.3 is 18.2 Å². The number of rotatable bonds is 17. The number of ether oxygens (including phenoxy) is 4. The highest BCUT2D eigenvalue weighted by Gasteiger charge is 2.44. The van der Waals surface area contributed by atoms with Crippen molar-refractivity contribution in [2.45, 2.75) is 135 Å². The van der Waals surface area contributed by atoms with Crippen LogP contribution in [-0.2, 0) is 41.5 Å². The summed E-state index contributed by atoms with van der Waals surface area (Å²) in [5, 5.41) is 24.9. The van der Waals surface area contributed by atoms with Crippen molar-refractivity contribution in [1.82, 2.24) is 30.2 Å². The molecule has 2 aromatic heterocycles. The number of aliphatic hydroxyl groups is 1. The second-order valence-electron chi connectivity index (χ2n) is 20.5. The van der Waals surface area contributed by atoms with Gasteiger partial charge in [0, 0.05) is 94.3 Å². The molecule has 3 aliphatic heterocycles. The smallest absolute Gasteiger partial charge is 0.408 e. The average Bonchev–Trinajstić information content (AvgIpc) is 4.13. The van der Waals surface area contributed by atoms with Gasteiger partial charge in [-0.15, -0.1) is 0 Å². The van der Waals surface area contributed by atoms with Crippen molar-refractivity contribution in [1.29, 1.82) is 0 Å². The largest absolute Gasteiger partial charge is 0.480 e. The zero-order valence-electron chi connectivity index (χ0n) is 41.2. The molecule has 20 heteroatoms. The van der Waals surface area contributed by atoms with Gasteiger partial charge in [0.25, 0.3) is 5.91 Å². The monoisotopic (exact) mass is 973 g/mol. The van der Waals surface area contributed by atoms with E-state index in [1.165, 1.54) is 22.4 Å². The number of hydrogen-bond donors (Lipinski definition) is 4. The van der Waals surface area contributed by atoms with Crippen molar-refractivity contribution in [2.75, 3.05) is 82.5 Å². The summed E-state index contributed by atoms with van der Waals surface area (Å²) in [7, 11) is 1.55. The summed E-state index contributed by atoms with van der Waals surface area (Å²) in [5.74, 6) is -1.76. The molecule has 5 atom stereocenters. The lowest BCUT2D eigenvalue weighted by molar-refractivity contribution is -0.154. The molecule has 4 fully saturated rings. The Kier molecular flexibility index (Phi) is 16.1. The number of pyridine rings is 1. The first-order chi connectivity index (χ1) is 32.6. The summed E-state index contributed by atoms with van der Waals surface area (Å²) in [4.78, 5) is 51.4. The van der Waals surface area contributed by atoms with E-state index in [1.807, 2.05) is 37.8 Å². The zero-order valence-corrected chi connectivity index (χ0v) is 41.2. The first-order valence-electron chi connectivity index (χ1n) is 24.2. The fourth-order valence-corrected chi connectivity index (χ4v) is 9.75. The summed E-state index contributed by atoms with van der Waals surface area (Å²) in [6.45, 7) is 15.2. The van der Waals surface area contributed by atoms with Crippen LogP contribution in [-0.4, -0.2) is 162 Å². The normalized spacial score (nSPS) is 21.3. The Hall–Kier alpha value is -4.73. The Morgan fingerprint density at radius 1 is 0.986 bits per heavy atom. The molecule has 4 N–H and O–H groups in total. The van der Waals surface area contributed by atoms with E-state index >= 15 is 0 Å². The maximum absolute atomic E-state index is 14.9. The highest BCUT2D eigenvalue weighted by molar-refractivity contribution is 5.95. The van der Waals surface area contributed by atoms with Crippen molar-refractivity contribution in [3.63, 3.8) is 0 Å². The van der Waals surface area contributed by atoms with E-state index < -0.39 is 72.1 Å². The maximum Gasteiger partial charge on any atom is 0.408 e. The van der Waals surface area contributed by atoms with Gasteiger partial charge < -0.3 is 48.8 Å². The molecule has 17 nitrogen and oxygen atoms in total. The molecular formula is C49H71F3N8O9. The highest BCUT2D eigenvalue weighted by atomic mass is 19.4. The number of fused-ring (bicyclic) bond motifs is 1. The fraction of sp³-hybridized carbons (Fsp3) is 0.673. The van der Waals surface area contributed by atoms with Gasteiger partial charge in [0.1, 0.15) is 36.4 Å². The number of aromatic nitrogens is 2. The average molecular weight is 973 g/mol. The number of halogens is 3. The number of alkyl carbamates (subject to hydrolysis) is 1. The van der Waals surface area contributed by atoms with Crippen LogP contribution < -0.4 is 20.5 Å². The second kappa shape index (κ2) is 21.3. The van der Waals surface area contributed by atoms with Crippen LogP contribution in [0.15, 0.2) is 30.5 Å². The molecule has 0 bridgehead atoms. The lowest BCUT2D eigenvalue weighted by Gasteiger charge is -2.42. The lowest BCUT2D eigenvalue weighted by atomic mass is 9.84. The van der Waals surface area contributed by atoms with E-state index in [2.05, 4.69) is 20.5 Å². The number of carbonyl (C=O) groups excluding carboxylic acids is 2. The molecule has 3 aromatic rings. The minimum atomic E-state index is -4.61. The first kappa shape index (κ1) is 52.1. The Labute approximate surface area is 402 Å². The van der Waals surface area contributed by atoms with E-state index in [1.54, 1.807) is 53.1 Å². The van der Waals surface area contributed by atoms with Gasteiger partial charge in [0.15, 0.2) is 0 Å². The number of methoxy groups -OCH3 is 1. The summed E-state index contributed by atoms with van der Waals surface area (Å²) >= 11 is 0. The molecule has 4 aliphatic rings. The minimum Gasteiger partial charge on any atom is -0.480 e. The standard InChI is InChI=1S/C49H71F3N8O9/c1-9-67-43(41(54-46(65)69-47(3,4)5)44(62)60-16-10-11-37(55-60)45(63)64)39-27-58(21-22-68-39)32-14-15-38-34(23-32)36(25-48(6,7)29-61)42(59(38)28-49(50,51)52)35-24-33(26-53-40(35)30(2)66-8)57-19-17-56(18-20-57)31-12-13-31/h14-15,23-24,26,30-31,37,39,41,43,55,61H,9-13,16-22,25,27-29H2,1-8H3,(H,54,65)(H,63,64)/t30-,37-,39+,41-,43+/m0/s1. The van der Waals surface area contributed by atoms with Crippen LogP contribution in [0.4, 0.5) is 29.3 Å². The molecule has 0 radical (unpaired) electrons. The quantitative estimate of drug-likeness (QED) is 0.125. The van der Waals surface area contributed by atoms with Crippen molar-refractivity contribution < 1.29 is 56.7 Å². The number of anilines is 2. The van der Waals surface area contributed by atoms with Gasteiger partial charge in [-0.25, -0.2) is 10.2 Å². The van der Waals surface area contributed by atoms with Gasteiger partial charge in [-0.05, 0) is 102 Å². The number of carbonyl (C=O) groups is 3. The van der Waals surface area contributed by atoms with Crippen molar-refractivity contribution >= 4 is 40.2 Å². The van der Waals surface area contributed by atoms with E-state index in [9.17, 15) is 37.8 Å². The number of aliphatic hydroxyl groups excluding tert-OH is 1. The lowest BCUT2D eigenvalue weighted by Crippen LogP contribution is -2.65. The molecule has 2 amide bonds. The Balaban J connectivity index is 1.30. The summed E-state index contributed by atoms with van der Waals surface area (Å²) in [6, 6.07) is 5.53. The molecule has 7 rings (SSSR count). The molecule has 1 aliphatic carbocycles. The van der Waals surface area contributed by atoms with Gasteiger partial charge in [0.05, 0.1) is 36.0 Å². The number of nitrogens with zero attached hydrogens (tertiary/aromatic N) is 6. The topological polar surface area (TPSA) is 183 Å². The number of benzene rings is 1. The number of nitrogens with one attached hydrogen (secondary N) is 2. The number of alkyl halides is 3. The van der Waals surface area contributed by atoms with Gasteiger partial charge in [0.2, 0.25) is 0 Å². The van der Waals surface area contributed by atoms with Crippen LogP contribution in [0.2, 0.25) is 0 Å². The Morgan fingerprint density at radius 3 is 2.33 bits per heavy atom.